The van der Waals surface area contributed by atoms with Gasteiger partial charge in [-0.25, -0.2) is 0 Å². The predicted octanol–water partition coefficient (Wildman–Crippen LogP) is 1.75. The van der Waals surface area contributed by atoms with Gasteiger partial charge in [-0.3, -0.25) is 0 Å². The molecule has 0 radical (unpaired) electrons. The van der Waals surface area contributed by atoms with E-state index in [0.29, 0.717) is 6.61 Å². The number of quaternary nitrogens is 1. The van der Waals surface area contributed by atoms with Crippen LogP contribution in [0.25, 0.3) is 11.0 Å². The molecule has 0 aliphatic rings. The Morgan fingerprint density at radius 3 is 2.73 bits per heavy atom. The van der Waals surface area contributed by atoms with Gasteiger partial charge in [0.2, 0.25) is 0 Å². The first-order chi connectivity index (χ1) is 10.7. The van der Waals surface area contributed by atoms with Gasteiger partial charge in [0, 0.05) is 4.47 Å². The summed E-state index contributed by atoms with van der Waals surface area (Å²) in [4.78, 5) is 1.31. The number of hydrogen-bond acceptors (Lipinski definition) is 3. The summed E-state index contributed by atoms with van der Waals surface area (Å²) >= 11 is 3.41. The minimum atomic E-state index is 0.667. The highest BCUT2D eigenvalue weighted by Crippen LogP contribution is 2.15. The van der Waals surface area contributed by atoms with Crippen LogP contribution < -0.4 is 9.64 Å². The summed E-state index contributed by atoms with van der Waals surface area (Å²) in [6.07, 6.45) is 0. The monoisotopic (exact) mass is 361 g/mol. The van der Waals surface area contributed by atoms with Crippen molar-refractivity contribution in [1.29, 1.82) is 0 Å². The maximum Gasteiger partial charge on any atom is 0.175 e. The van der Waals surface area contributed by atoms with E-state index in [9.17, 15) is 0 Å². The standard InChI is InChI=1S/C16H17BrN4O/c1-20(10-11-22-14-8-6-13(17)7-9-14)12-21-16-5-3-2-4-15(16)18-19-21/h2-9H,10-12H2,1H3/p+1. The Hall–Kier alpha value is -1.92. The van der Waals surface area contributed by atoms with Crippen LogP contribution in [-0.4, -0.2) is 35.2 Å². The Morgan fingerprint density at radius 2 is 1.91 bits per heavy atom. The first-order valence-electron chi connectivity index (χ1n) is 7.20. The molecule has 114 valence electrons. The topological polar surface area (TPSA) is 44.4 Å². The maximum atomic E-state index is 5.75. The Balaban J connectivity index is 1.52. The fraction of sp³-hybridized carbons (Fsp3) is 0.250. The van der Waals surface area contributed by atoms with E-state index < -0.39 is 0 Å². The molecule has 1 heterocycles. The number of para-hydroxylation sites is 1. The molecule has 22 heavy (non-hydrogen) atoms. The van der Waals surface area contributed by atoms with Gasteiger partial charge in [0.25, 0.3) is 0 Å². The smallest absolute Gasteiger partial charge is 0.175 e. The molecule has 0 amide bonds. The number of nitrogens with zero attached hydrogens (tertiary/aromatic N) is 3. The molecule has 1 unspecified atom stereocenters. The van der Waals surface area contributed by atoms with Crippen LogP contribution in [0, 0.1) is 0 Å². The van der Waals surface area contributed by atoms with Crippen LogP contribution in [0.5, 0.6) is 5.75 Å². The van der Waals surface area contributed by atoms with E-state index in [4.69, 9.17) is 4.74 Å². The minimum Gasteiger partial charge on any atom is -0.488 e. The van der Waals surface area contributed by atoms with E-state index in [2.05, 4.69) is 33.3 Å². The van der Waals surface area contributed by atoms with Gasteiger partial charge in [-0.1, -0.05) is 33.3 Å². The third-order valence-electron chi connectivity index (χ3n) is 3.45. The molecule has 0 spiro atoms. The van der Waals surface area contributed by atoms with Crippen LogP contribution in [0.4, 0.5) is 0 Å². The molecule has 0 saturated carbocycles. The summed E-state index contributed by atoms with van der Waals surface area (Å²) in [6.45, 7) is 2.33. The lowest BCUT2D eigenvalue weighted by atomic mass is 10.3. The Kier molecular flexibility index (Phi) is 4.70. The lowest BCUT2D eigenvalue weighted by molar-refractivity contribution is -0.903. The summed E-state index contributed by atoms with van der Waals surface area (Å²) in [5, 5.41) is 8.38. The molecule has 1 N–H and O–H groups in total. The van der Waals surface area contributed by atoms with Crippen molar-refractivity contribution >= 4 is 27.0 Å². The number of aromatic nitrogens is 3. The van der Waals surface area contributed by atoms with Crippen molar-refractivity contribution in [2.45, 2.75) is 6.67 Å². The van der Waals surface area contributed by atoms with Gasteiger partial charge in [0.1, 0.15) is 24.4 Å². The maximum absolute atomic E-state index is 5.75. The molecular weight excluding hydrogens is 344 g/mol. The normalized spacial score (nSPS) is 12.5. The van der Waals surface area contributed by atoms with Crippen LogP contribution in [0.1, 0.15) is 0 Å². The molecule has 3 aromatic rings. The molecule has 3 rings (SSSR count). The third kappa shape index (κ3) is 3.64. The number of rotatable bonds is 6. The summed E-state index contributed by atoms with van der Waals surface area (Å²) in [6, 6.07) is 15.9. The summed E-state index contributed by atoms with van der Waals surface area (Å²) in [5.41, 5.74) is 2.00. The highest BCUT2D eigenvalue weighted by Gasteiger charge is 2.08. The van der Waals surface area contributed by atoms with Gasteiger partial charge in [-0.15, -0.1) is 5.10 Å². The first kappa shape index (κ1) is 15.0. The van der Waals surface area contributed by atoms with Crippen LogP contribution in [0.15, 0.2) is 53.0 Å². The zero-order valence-corrected chi connectivity index (χ0v) is 14.0. The van der Waals surface area contributed by atoms with Gasteiger partial charge in [-0.05, 0) is 36.4 Å². The Labute approximate surface area is 137 Å². The van der Waals surface area contributed by atoms with Crippen LogP contribution >= 0.6 is 15.9 Å². The van der Waals surface area contributed by atoms with Crippen molar-refractivity contribution in [2.75, 3.05) is 20.2 Å². The third-order valence-corrected chi connectivity index (χ3v) is 3.98. The second kappa shape index (κ2) is 6.89. The Bertz CT molecular complexity index is 741. The molecule has 0 aliphatic heterocycles. The number of hydrogen-bond donors (Lipinski definition) is 1. The molecule has 0 bridgehead atoms. The van der Waals surface area contributed by atoms with Crippen LogP contribution in [0.2, 0.25) is 0 Å². The molecule has 6 heteroatoms. The average molecular weight is 362 g/mol. The second-order valence-corrected chi connectivity index (χ2v) is 6.16. The summed E-state index contributed by atoms with van der Waals surface area (Å²) in [5.74, 6) is 0.891. The van der Waals surface area contributed by atoms with Crippen molar-refractivity contribution < 1.29 is 9.64 Å². The number of nitrogens with one attached hydrogen (secondary N) is 1. The van der Waals surface area contributed by atoms with E-state index >= 15 is 0 Å². The predicted molar refractivity (Wildman–Crippen MR) is 88.9 cm³/mol. The van der Waals surface area contributed by atoms with Gasteiger partial charge in [-0.2, -0.15) is 4.68 Å². The zero-order chi connectivity index (χ0) is 15.4. The number of halogens is 1. The van der Waals surface area contributed by atoms with Gasteiger partial charge in [0.15, 0.2) is 6.67 Å². The number of likely N-dealkylation sites (N-methyl/N-ethyl adjacent to an activating group) is 1. The van der Waals surface area contributed by atoms with E-state index in [1.807, 2.05) is 53.2 Å². The van der Waals surface area contributed by atoms with Crippen LogP contribution in [0.3, 0.4) is 0 Å². The van der Waals surface area contributed by atoms with Crippen molar-refractivity contribution in [2.24, 2.45) is 0 Å². The summed E-state index contributed by atoms with van der Waals surface area (Å²) < 4.78 is 8.74. The van der Waals surface area contributed by atoms with E-state index in [1.165, 1.54) is 4.90 Å². The zero-order valence-electron chi connectivity index (χ0n) is 12.4. The lowest BCUT2D eigenvalue weighted by Crippen LogP contribution is -3.09. The number of fused-ring (bicyclic) bond motifs is 1. The quantitative estimate of drug-likeness (QED) is 0.727. The molecule has 2 aromatic carbocycles. The molecule has 1 atom stereocenters. The van der Waals surface area contributed by atoms with E-state index in [1.54, 1.807) is 0 Å². The first-order valence-corrected chi connectivity index (χ1v) is 7.99. The number of ether oxygens (including phenoxy) is 1. The largest absolute Gasteiger partial charge is 0.488 e. The van der Waals surface area contributed by atoms with E-state index in [-0.39, 0.29) is 0 Å². The Morgan fingerprint density at radius 1 is 1.14 bits per heavy atom. The molecule has 1 aromatic heterocycles. The van der Waals surface area contributed by atoms with Crippen molar-refractivity contribution in [3.05, 3.63) is 53.0 Å². The second-order valence-electron chi connectivity index (χ2n) is 5.25. The van der Waals surface area contributed by atoms with Gasteiger partial charge < -0.3 is 9.64 Å². The van der Waals surface area contributed by atoms with Gasteiger partial charge in [0.05, 0.1) is 12.6 Å². The fourth-order valence-electron chi connectivity index (χ4n) is 2.24. The average Bonchev–Trinajstić information content (AvgIpc) is 2.93. The van der Waals surface area contributed by atoms with Crippen molar-refractivity contribution in [3.8, 4) is 5.75 Å². The highest BCUT2D eigenvalue weighted by atomic mass is 79.9. The fourth-order valence-corrected chi connectivity index (χ4v) is 2.51. The molecular formula is C16H18BrN4O+. The van der Waals surface area contributed by atoms with E-state index in [0.717, 1.165) is 34.5 Å². The molecule has 5 nitrogen and oxygen atoms in total. The van der Waals surface area contributed by atoms with Crippen LogP contribution in [-0.2, 0) is 6.67 Å². The molecule has 0 aliphatic carbocycles. The highest BCUT2D eigenvalue weighted by molar-refractivity contribution is 9.10. The molecule has 0 saturated heterocycles. The van der Waals surface area contributed by atoms with Crippen molar-refractivity contribution in [3.63, 3.8) is 0 Å². The minimum absolute atomic E-state index is 0.667. The SMILES string of the molecule is C[NH+](CCOc1ccc(Br)cc1)Cn1nnc2ccccc21. The van der Waals surface area contributed by atoms with Crippen molar-refractivity contribution in [1.82, 2.24) is 15.0 Å². The van der Waals surface area contributed by atoms with Gasteiger partial charge >= 0.3 is 0 Å². The number of benzene rings is 2. The lowest BCUT2D eigenvalue weighted by Gasteiger charge is -2.14. The summed E-state index contributed by atoms with van der Waals surface area (Å²) in [7, 11) is 2.13. The molecule has 0 fully saturated rings.